The quantitative estimate of drug-likeness (QED) is 0.939. The van der Waals surface area contributed by atoms with Crippen molar-refractivity contribution in [3.8, 4) is 0 Å². The summed E-state index contributed by atoms with van der Waals surface area (Å²) >= 11 is 0. The fraction of sp³-hybridized carbons (Fsp3) is 0.250. The number of aromatic nitrogens is 2. The lowest BCUT2D eigenvalue weighted by molar-refractivity contribution is -0.118. The molecule has 118 valence electrons. The number of amides is 2. The maximum absolute atomic E-state index is 12.3. The van der Waals surface area contributed by atoms with Crippen molar-refractivity contribution in [2.24, 2.45) is 12.1 Å². The SMILES string of the molecule is Cc1cccc(N2N=C(C(=O)Nc3cnn(C)c3)CCC2=O)c1. The van der Waals surface area contributed by atoms with Gasteiger partial charge in [0.15, 0.2) is 0 Å². The summed E-state index contributed by atoms with van der Waals surface area (Å²) in [5, 5.41) is 12.3. The van der Waals surface area contributed by atoms with Gasteiger partial charge in [-0.2, -0.15) is 10.2 Å². The van der Waals surface area contributed by atoms with E-state index in [1.165, 1.54) is 5.01 Å². The summed E-state index contributed by atoms with van der Waals surface area (Å²) in [5.41, 5.74) is 2.62. The number of rotatable bonds is 3. The molecule has 1 aliphatic heterocycles. The number of hydrazone groups is 1. The molecule has 0 radical (unpaired) electrons. The van der Waals surface area contributed by atoms with Gasteiger partial charge in [-0.25, -0.2) is 5.01 Å². The van der Waals surface area contributed by atoms with Gasteiger partial charge in [-0.3, -0.25) is 14.3 Å². The minimum absolute atomic E-state index is 0.117. The fourth-order valence-corrected chi connectivity index (χ4v) is 2.37. The topological polar surface area (TPSA) is 79.6 Å². The Hall–Kier alpha value is -2.96. The molecule has 0 fully saturated rings. The molecule has 0 atom stereocenters. The van der Waals surface area contributed by atoms with Crippen molar-refractivity contribution in [1.82, 2.24) is 9.78 Å². The fourth-order valence-electron chi connectivity index (χ4n) is 2.37. The van der Waals surface area contributed by atoms with Gasteiger partial charge in [0.2, 0.25) is 5.91 Å². The van der Waals surface area contributed by atoms with E-state index >= 15 is 0 Å². The average Bonchev–Trinajstić information content (AvgIpc) is 2.92. The Balaban J connectivity index is 1.83. The number of carbonyl (C=O) groups is 2. The molecular weight excluding hydrogens is 294 g/mol. The minimum Gasteiger partial charge on any atom is -0.318 e. The van der Waals surface area contributed by atoms with Crippen LogP contribution in [0.25, 0.3) is 0 Å². The van der Waals surface area contributed by atoms with Crippen LogP contribution >= 0.6 is 0 Å². The molecular formula is C16H17N5O2. The highest BCUT2D eigenvalue weighted by Gasteiger charge is 2.25. The van der Waals surface area contributed by atoms with E-state index in [4.69, 9.17) is 0 Å². The molecule has 1 N–H and O–H groups in total. The zero-order valence-electron chi connectivity index (χ0n) is 13.0. The van der Waals surface area contributed by atoms with Gasteiger partial charge in [0, 0.05) is 26.1 Å². The standard InChI is InChI=1S/C16H17N5O2/c1-11-4-3-5-13(8-11)21-15(22)7-6-14(19-21)16(23)18-12-9-17-20(2)10-12/h3-5,8-10H,6-7H2,1-2H3,(H,18,23). The summed E-state index contributed by atoms with van der Waals surface area (Å²) < 4.78 is 1.60. The van der Waals surface area contributed by atoms with Crippen LogP contribution in [0.2, 0.25) is 0 Å². The Labute approximate surface area is 133 Å². The zero-order valence-corrected chi connectivity index (χ0v) is 13.0. The second-order valence-electron chi connectivity index (χ2n) is 5.45. The Morgan fingerprint density at radius 2 is 2.13 bits per heavy atom. The van der Waals surface area contributed by atoms with Crippen LogP contribution in [-0.4, -0.2) is 27.3 Å². The normalized spacial score (nSPS) is 14.6. The van der Waals surface area contributed by atoms with E-state index in [2.05, 4.69) is 15.5 Å². The third-order valence-electron chi connectivity index (χ3n) is 3.50. The number of nitrogens with zero attached hydrogens (tertiary/aromatic N) is 4. The van der Waals surface area contributed by atoms with Crippen molar-refractivity contribution in [3.05, 3.63) is 42.2 Å². The molecule has 1 aliphatic rings. The monoisotopic (exact) mass is 311 g/mol. The van der Waals surface area contributed by atoms with Crippen LogP contribution in [-0.2, 0) is 16.6 Å². The van der Waals surface area contributed by atoms with Gasteiger partial charge in [-0.15, -0.1) is 0 Å². The van der Waals surface area contributed by atoms with Crippen LogP contribution in [0.15, 0.2) is 41.8 Å². The molecule has 2 aromatic rings. The Morgan fingerprint density at radius 1 is 1.30 bits per heavy atom. The summed E-state index contributed by atoms with van der Waals surface area (Å²) in [7, 11) is 1.77. The first-order valence-electron chi connectivity index (χ1n) is 7.30. The minimum atomic E-state index is -0.317. The number of hydrogen-bond acceptors (Lipinski definition) is 4. The predicted octanol–water partition coefficient (Wildman–Crippen LogP) is 1.85. The van der Waals surface area contributed by atoms with Crippen LogP contribution in [0, 0.1) is 6.92 Å². The molecule has 7 nitrogen and oxygen atoms in total. The molecule has 7 heteroatoms. The summed E-state index contributed by atoms with van der Waals surface area (Å²) in [6, 6.07) is 7.47. The smallest absolute Gasteiger partial charge is 0.271 e. The molecule has 3 rings (SSSR count). The molecule has 0 saturated carbocycles. The van der Waals surface area contributed by atoms with Crippen LogP contribution in [0.4, 0.5) is 11.4 Å². The molecule has 23 heavy (non-hydrogen) atoms. The molecule has 0 spiro atoms. The predicted molar refractivity (Wildman–Crippen MR) is 87.2 cm³/mol. The second-order valence-corrected chi connectivity index (χ2v) is 5.45. The zero-order chi connectivity index (χ0) is 16.4. The Kier molecular flexibility index (Phi) is 3.92. The lowest BCUT2D eigenvalue weighted by atomic mass is 10.1. The summed E-state index contributed by atoms with van der Waals surface area (Å²) in [6.45, 7) is 1.94. The van der Waals surface area contributed by atoms with E-state index in [-0.39, 0.29) is 18.2 Å². The van der Waals surface area contributed by atoms with E-state index in [1.54, 1.807) is 30.2 Å². The second kappa shape index (κ2) is 6.04. The van der Waals surface area contributed by atoms with Crippen LogP contribution in [0.1, 0.15) is 18.4 Å². The number of hydrogen-bond donors (Lipinski definition) is 1. The number of aryl methyl sites for hydroxylation is 2. The number of benzene rings is 1. The van der Waals surface area contributed by atoms with Gasteiger partial charge >= 0.3 is 0 Å². The van der Waals surface area contributed by atoms with Gasteiger partial charge in [0.1, 0.15) is 5.71 Å². The molecule has 0 unspecified atom stereocenters. The third kappa shape index (κ3) is 3.28. The van der Waals surface area contributed by atoms with Crippen molar-refractivity contribution >= 4 is 28.9 Å². The highest BCUT2D eigenvalue weighted by molar-refractivity contribution is 6.44. The molecule has 1 aromatic heterocycles. The van der Waals surface area contributed by atoms with Crippen molar-refractivity contribution in [2.75, 3.05) is 10.3 Å². The molecule has 2 amide bonds. The largest absolute Gasteiger partial charge is 0.318 e. The average molecular weight is 311 g/mol. The third-order valence-corrected chi connectivity index (χ3v) is 3.50. The van der Waals surface area contributed by atoms with Gasteiger partial charge in [0.25, 0.3) is 5.91 Å². The number of anilines is 2. The van der Waals surface area contributed by atoms with E-state index in [1.807, 2.05) is 25.1 Å². The van der Waals surface area contributed by atoms with Crippen molar-refractivity contribution < 1.29 is 9.59 Å². The van der Waals surface area contributed by atoms with Gasteiger partial charge < -0.3 is 5.32 Å². The van der Waals surface area contributed by atoms with Gasteiger partial charge in [0.05, 0.1) is 17.6 Å². The van der Waals surface area contributed by atoms with E-state index in [9.17, 15) is 9.59 Å². The maximum Gasteiger partial charge on any atom is 0.271 e. The van der Waals surface area contributed by atoms with Gasteiger partial charge in [-0.05, 0) is 24.6 Å². The van der Waals surface area contributed by atoms with Gasteiger partial charge in [-0.1, -0.05) is 12.1 Å². The highest BCUT2D eigenvalue weighted by atomic mass is 16.2. The number of nitrogens with one attached hydrogen (secondary N) is 1. The summed E-state index contributed by atoms with van der Waals surface area (Å²) in [4.78, 5) is 24.4. The lowest BCUT2D eigenvalue weighted by Crippen LogP contribution is -2.36. The van der Waals surface area contributed by atoms with E-state index in [0.717, 1.165) is 5.56 Å². The summed E-state index contributed by atoms with van der Waals surface area (Å²) in [6.07, 6.45) is 3.84. The molecule has 0 bridgehead atoms. The first kappa shape index (κ1) is 15.0. The first-order valence-corrected chi connectivity index (χ1v) is 7.30. The first-order chi connectivity index (χ1) is 11.0. The molecule has 0 aliphatic carbocycles. The molecule has 0 saturated heterocycles. The summed E-state index contributed by atoms with van der Waals surface area (Å²) in [5.74, 6) is -0.434. The van der Waals surface area contributed by atoms with Crippen LogP contribution < -0.4 is 10.3 Å². The Morgan fingerprint density at radius 3 is 2.83 bits per heavy atom. The molecule has 1 aromatic carbocycles. The van der Waals surface area contributed by atoms with Crippen LogP contribution in [0.5, 0.6) is 0 Å². The van der Waals surface area contributed by atoms with Crippen molar-refractivity contribution in [2.45, 2.75) is 19.8 Å². The van der Waals surface area contributed by atoms with E-state index in [0.29, 0.717) is 23.5 Å². The van der Waals surface area contributed by atoms with E-state index < -0.39 is 0 Å². The maximum atomic E-state index is 12.3. The van der Waals surface area contributed by atoms with Crippen molar-refractivity contribution in [3.63, 3.8) is 0 Å². The van der Waals surface area contributed by atoms with Crippen LogP contribution in [0.3, 0.4) is 0 Å². The lowest BCUT2D eigenvalue weighted by Gasteiger charge is -2.23. The Bertz CT molecular complexity index is 793. The highest BCUT2D eigenvalue weighted by Crippen LogP contribution is 2.21. The molecule has 2 heterocycles. The number of carbonyl (C=O) groups excluding carboxylic acids is 2. The van der Waals surface area contributed by atoms with Crippen molar-refractivity contribution in [1.29, 1.82) is 0 Å².